The van der Waals surface area contributed by atoms with Gasteiger partial charge in [-0.2, -0.15) is 4.72 Å². The van der Waals surface area contributed by atoms with E-state index in [1.54, 1.807) is 36.4 Å². The molecule has 0 amide bonds. The Hall–Kier alpha value is -3.75. The summed E-state index contributed by atoms with van der Waals surface area (Å²) in [7, 11) is -0.513. The third kappa shape index (κ3) is 9.70. The fourth-order valence-corrected chi connectivity index (χ4v) is 8.89. The Labute approximate surface area is 290 Å². The normalized spacial score (nSPS) is 14.6. The minimum atomic E-state index is -4.17. The molecule has 0 radical (unpaired) electrons. The summed E-state index contributed by atoms with van der Waals surface area (Å²) in [6.45, 7) is 0.0712. The van der Waals surface area contributed by atoms with Gasteiger partial charge in [0.1, 0.15) is 6.04 Å². The summed E-state index contributed by atoms with van der Waals surface area (Å²) in [5.41, 5.74) is 7.37. The van der Waals surface area contributed by atoms with Crippen molar-refractivity contribution in [3.8, 4) is 0 Å². The molecular weight excluding hydrogens is 663 g/mol. The number of hydrogen-bond donors (Lipinski definition) is 4. The van der Waals surface area contributed by atoms with Gasteiger partial charge in [-0.05, 0) is 56.4 Å². The third-order valence-electron chi connectivity index (χ3n) is 8.72. The van der Waals surface area contributed by atoms with Crippen molar-refractivity contribution in [2.24, 2.45) is 5.73 Å². The standard InChI is InChI=1S/C30H36N4O6S2.C6H13N/c1-33(2)26-16-7-13-23-21(26)11-9-18-28(23)41(37,38)31-20-6-5-15-25(30(35)36)32-42(39,40)29-19-10-12-22-24(29)14-8-17-27(22)34(3)4;7-6-4-2-1-3-5-6/h7-14,16-19,25,31-32H,5-6,15,20H2,1-4H3,(H,35,36);6H,1-5,7H2. The second kappa shape index (κ2) is 16.8. The molecule has 49 heavy (non-hydrogen) atoms. The zero-order chi connectivity index (χ0) is 35.8. The van der Waals surface area contributed by atoms with Gasteiger partial charge in [-0.25, -0.2) is 21.6 Å². The van der Waals surface area contributed by atoms with E-state index >= 15 is 0 Å². The largest absolute Gasteiger partial charge is 0.480 e. The first kappa shape index (κ1) is 38.1. The highest BCUT2D eigenvalue weighted by molar-refractivity contribution is 7.90. The number of fused-ring (bicyclic) bond motifs is 2. The van der Waals surface area contributed by atoms with E-state index in [1.165, 1.54) is 38.2 Å². The van der Waals surface area contributed by atoms with Crippen molar-refractivity contribution < 1.29 is 26.7 Å². The number of aliphatic carboxylic acids is 1. The zero-order valence-corrected chi connectivity index (χ0v) is 30.4. The number of rotatable bonds is 13. The summed E-state index contributed by atoms with van der Waals surface area (Å²) in [5, 5.41) is 12.4. The molecule has 0 saturated heterocycles. The second-order valence-electron chi connectivity index (χ2n) is 12.8. The van der Waals surface area contributed by atoms with Crippen LogP contribution in [0.25, 0.3) is 21.5 Å². The summed E-state index contributed by atoms with van der Waals surface area (Å²) in [4.78, 5) is 15.9. The zero-order valence-electron chi connectivity index (χ0n) is 28.7. The van der Waals surface area contributed by atoms with Gasteiger partial charge in [0.25, 0.3) is 0 Å². The fraction of sp³-hybridized carbons (Fsp3) is 0.417. The van der Waals surface area contributed by atoms with Crippen LogP contribution in [-0.2, 0) is 24.8 Å². The van der Waals surface area contributed by atoms with Crippen LogP contribution in [0.1, 0.15) is 51.4 Å². The average Bonchev–Trinajstić information content (AvgIpc) is 3.06. The second-order valence-corrected chi connectivity index (χ2v) is 16.3. The molecule has 0 aliphatic heterocycles. The number of sulfonamides is 2. The van der Waals surface area contributed by atoms with Gasteiger partial charge in [-0.15, -0.1) is 0 Å². The van der Waals surface area contributed by atoms with Gasteiger partial charge in [-0.3, -0.25) is 4.79 Å². The molecule has 1 unspecified atom stereocenters. The summed E-state index contributed by atoms with van der Waals surface area (Å²) in [6, 6.07) is 20.0. The SMILES string of the molecule is CN(C)c1cccc2c(S(=O)(=O)NCCCCC(NS(=O)(=O)c3cccc4c(N(C)C)cccc34)C(=O)O)cccc12.NC1CCCCC1. The Bertz CT molecular complexity index is 1960. The van der Waals surface area contributed by atoms with Gasteiger partial charge in [0.15, 0.2) is 0 Å². The summed E-state index contributed by atoms with van der Waals surface area (Å²) in [6.07, 6.45) is 7.25. The summed E-state index contributed by atoms with van der Waals surface area (Å²) < 4.78 is 57.8. The Morgan fingerprint density at radius 2 is 1.20 bits per heavy atom. The minimum Gasteiger partial charge on any atom is -0.480 e. The molecule has 4 aromatic carbocycles. The van der Waals surface area contributed by atoms with Crippen LogP contribution in [0.3, 0.4) is 0 Å². The van der Waals surface area contributed by atoms with E-state index in [2.05, 4.69) is 9.44 Å². The van der Waals surface area contributed by atoms with E-state index in [0.717, 1.165) is 22.1 Å². The van der Waals surface area contributed by atoms with E-state index in [9.17, 15) is 26.7 Å². The molecule has 0 heterocycles. The molecule has 0 spiro atoms. The number of nitrogens with zero attached hydrogens (tertiary/aromatic N) is 2. The first-order valence-corrected chi connectivity index (χ1v) is 19.6. The molecule has 0 aromatic heterocycles. The van der Waals surface area contributed by atoms with Crippen LogP contribution in [0.5, 0.6) is 0 Å². The molecule has 11 nitrogen and oxygen atoms in total. The van der Waals surface area contributed by atoms with Gasteiger partial charge in [-0.1, -0.05) is 67.8 Å². The van der Waals surface area contributed by atoms with Gasteiger partial charge in [0.05, 0.1) is 9.79 Å². The molecule has 13 heteroatoms. The molecule has 266 valence electrons. The van der Waals surface area contributed by atoms with E-state index in [4.69, 9.17) is 5.73 Å². The molecule has 1 saturated carbocycles. The molecule has 1 atom stereocenters. The lowest BCUT2D eigenvalue weighted by Crippen LogP contribution is -2.40. The fourth-order valence-electron chi connectivity index (χ4n) is 6.15. The Kier molecular flexibility index (Phi) is 13.0. The first-order valence-electron chi connectivity index (χ1n) is 16.6. The Morgan fingerprint density at radius 3 is 1.65 bits per heavy atom. The van der Waals surface area contributed by atoms with Crippen molar-refractivity contribution >= 4 is 58.9 Å². The van der Waals surface area contributed by atoms with Crippen molar-refractivity contribution in [1.82, 2.24) is 9.44 Å². The maximum absolute atomic E-state index is 13.3. The smallest absolute Gasteiger partial charge is 0.321 e. The number of nitrogens with one attached hydrogen (secondary N) is 2. The van der Waals surface area contributed by atoms with E-state index in [1.807, 2.05) is 68.3 Å². The van der Waals surface area contributed by atoms with Crippen molar-refractivity contribution in [2.45, 2.75) is 73.2 Å². The quantitative estimate of drug-likeness (QED) is 0.135. The van der Waals surface area contributed by atoms with Gasteiger partial charge in [0.2, 0.25) is 20.0 Å². The predicted molar refractivity (Wildman–Crippen MR) is 198 cm³/mol. The number of anilines is 2. The maximum Gasteiger partial charge on any atom is 0.321 e. The molecule has 5 rings (SSSR count). The number of carbonyl (C=O) groups is 1. The van der Waals surface area contributed by atoms with Crippen LogP contribution >= 0.6 is 0 Å². The lowest BCUT2D eigenvalue weighted by atomic mass is 9.97. The highest BCUT2D eigenvalue weighted by Gasteiger charge is 2.27. The van der Waals surface area contributed by atoms with E-state index in [-0.39, 0.29) is 29.2 Å². The van der Waals surface area contributed by atoms with Crippen LogP contribution in [-0.4, -0.2) is 74.7 Å². The van der Waals surface area contributed by atoms with Gasteiger partial charge >= 0.3 is 5.97 Å². The summed E-state index contributed by atoms with van der Waals surface area (Å²) in [5.74, 6) is -1.30. The topological polar surface area (TPSA) is 162 Å². The molecule has 0 bridgehead atoms. The molecular formula is C36H49N5O6S2. The van der Waals surface area contributed by atoms with Crippen molar-refractivity contribution in [3.63, 3.8) is 0 Å². The summed E-state index contributed by atoms with van der Waals surface area (Å²) >= 11 is 0. The van der Waals surface area contributed by atoms with Crippen molar-refractivity contribution in [2.75, 3.05) is 44.5 Å². The number of carboxylic acid groups (broad SMARTS) is 1. The molecule has 1 aliphatic rings. The average molecular weight is 712 g/mol. The Morgan fingerprint density at radius 1 is 0.735 bits per heavy atom. The van der Waals surface area contributed by atoms with Crippen molar-refractivity contribution in [3.05, 3.63) is 72.8 Å². The Balaban J connectivity index is 0.000000686. The van der Waals surface area contributed by atoms with E-state index < -0.39 is 32.1 Å². The first-order chi connectivity index (χ1) is 23.2. The van der Waals surface area contributed by atoms with Gasteiger partial charge < -0.3 is 20.6 Å². The number of benzene rings is 4. The number of hydrogen-bond acceptors (Lipinski definition) is 8. The van der Waals surface area contributed by atoms with Crippen LogP contribution in [0, 0.1) is 0 Å². The number of carboxylic acids is 1. The molecule has 5 N–H and O–H groups in total. The highest BCUT2D eigenvalue weighted by atomic mass is 32.2. The highest BCUT2D eigenvalue weighted by Crippen LogP contribution is 2.31. The van der Waals surface area contributed by atoms with Crippen molar-refractivity contribution in [1.29, 1.82) is 0 Å². The minimum absolute atomic E-state index is 0.00442. The monoisotopic (exact) mass is 711 g/mol. The van der Waals surface area contributed by atoms with Gasteiger partial charge in [0, 0.05) is 73.7 Å². The third-order valence-corrected chi connectivity index (χ3v) is 11.8. The van der Waals surface area contributed by atoms with E-state index in [0.29, 0.717) is 23.2 Å². The lowest BCUT2D eigenvalue weighted by molar-refractivity contribution is -0.139. The predicted octanol–water partition coefficient (Wildman–Crippen LogP) is 5.28. The molecule has 1 fully saturated rings. The van der Waals surface area contributed by atoms with Crippen LogP contribution in [0.4, 0.5) is 11.4 Å². The number of unbranched alkanes of at least 4 members (excludes halogenated alkanes) is 1. The number of nitrogens with two attached hydrogens (primary N) is 1. The van der Waals surface area contributed by atoms with Crippen LogP contribution in [0.2, 0.25) is 0 Å². The van der Waals surface area contributed by atoms with Crippen LogP contribution in [0.15, 0.2) is 82.6 Å². The maximum atomic E-state index is 13.3. The van der Waals surface area contributed by atoms with Crippen LogP contribution < -0.4 is 25.0 Å². The lowest BCUT2D eigenvalue weighted by Gasteiger charge is -2.19. The molecule has 1 aliphatic carbocycles. The molecule has 4 aromatic rings.